The SMILES string of the molecule is CCOc1cc(/C=N/O)ccc1OCC(=O)Nc1ccccc1OC. The molecule has 25 heavy (non-hydrogen) atoms. The first-order valence-corrected chi connectivity index (χ1v) is 7.68. The van der Waals surface area contributed by atoms with Crippen LogP contribution in [0, 0.1) is 0 Å². The Morgan fingerprint density at radius 1 is 1.16 bits per heavy atom. The average molecular weight is 344 g/mol. The molecule has 0 heterocycles. The fraction of sp³-hybridized carbons (Fsp3) is 0.222. The third-order valence-electron chi connectivity index (χ3n) is 3.21. The quantitative estimate of drug-likeness (QED) is 0.437. The molecule has 0 aliphatic heterocycles. The van der Waals surface area contributed by atoms with Crippen LogP contribution in [0.5, 0.6) is 17.2 Å². The first-order chi connectivity index (χ1) is 12.2. The van der Waals surface area contributed by atoms with Gasteiger partial charge >= 0.3 is 0 Å². The lowest BCUT2D eigenvalue weighted by atomic mass is 10.2. The second-order valence-electron chi connectivity index (χ2n) is 4.92. The number of nitrogens with zero attached hydrogens (tertiary/aromatic N) is 1. The van der Waals surface area contributed by atoms with Gasteiger partial charge in [0.25, 0.3) is 5.91 Å². The number of anilines is 1. The van der Waals surface area contributed by atoms with Gasteiger partial charge in [-0.25, -0.2) is 0 Å². The van der Waals surface area contributed by atoms with Crippen LogP contribution >= 0.6 is 0 Å². The fourth-order valence-corrected chi connectivity index (χ4v) is 2.14. The number of methoxy groups -OCH3 is 1. The Kier molecular flexibility index (Phi) is 6.65. The number of benzene rings is 2. The second kappa shape index (κ2) is 9.17. The molecule has 0 fully saturated rings. The predicted octanol–water partition coefficient (Wildman–Crippen LogP) is 2.92. The topological polar surface area (TPSA) is 89.4 Å². The summed E-state index contributed by atoms with van der Waals surface area (Å²) in [6.45, 7) is 2.08. The number of para-hydroxylation sites is 2. The van der Waals surface area contributed by atoms with Gasteiger partial charge in [-0.05, 0) is 37.3 Å². The zero-order valence-corrected chi connectivity index (χ0v) is 14.1. The normalized spacial score (nSPS) is 10.5. The van der Waals surface area contributed by atoms with Crippen LogP contribution in [0.2, 0.25) is 0 Å². The van der Waals surface area contributed by atoms with Crippen LogP contribution in [0.1, 0.15) is 12.5 Å². The van der Waals surface area contributed by atoms with Crippen LogP contribution in [0.4, 0.5) is 5.69 Å². The molecular formula is C18H20N2O5. The first-order valence-electron chi connectivity index (χ1n) is 7.68. The number of hydrogen-bond acceptors (Lipinski definition) is 6. The first kappa shape index (κ1) is 18.1. The molecule has 0 atom stereocenters. The van der Waals surface area contributed by atoms with Crippen molar-refractivity contribution in [2.75, 3.05) is 25.6 Å². The van der Waals surface area contributed by atoms with Gasteiger partial charge in [-0.1, -0.05) is 17.3 Å². The molecule has 132 valence electrons. The Hall–Kier alpha value is -3.22. The average Bonchev–Trinajstić information content (AvgIpc) is 2.62. The molecule has 7 nitrogen and oxygen atoms in total. The molecule has 0 spiro atoms. The van der Waals surface area contributed by atoms with E-state index in [0.717, 1.165) is 0 Å². The van der Waals surface area contributed by atoms with Crippen molar-refractivity contribution in [1.29, 1.82) is 0 Å². The van der Waals surface area contributed by atoms with Crippen LogP contribution in [0.15, 0.2) is 47.6 Å². The molecule has 0 aromatic heterocycles. The highest BCUT2D eigenvalue weighted by molar-refractivity contribution is 5.93. The van der Waals surface area contributed by atoms with Gasteiger partial charge in [-0.15, -0.1) is 0 Å². The van der Waals surface area contributed by atoms with Crippen LogP contribution in [0.3, 0.4) is 0 Å². The molecule has 2 rings (SSSR count). The van der Waals surface area contributed by atoms with Crippen LogP contribution in [-0.2, 0) is 4.79 Å². The summed E-state index contributed by atoms with van der Waals surface area (Å²) in [5.74, 6) is 1.13. The van der Waals surface area contributed by atoms with Gasteiger partial charge in [-0.2, -0.15) is 0 Å². The zero-order valence-electron chi connectivity index (χ0n) is 14.1. The van der Waals surface area contributed by atoms with E-state index in [-0.39, 0.29) is 12.5 Å². The van der Waals surface area contributed by atoms with E-state index in [1.54, 1.807) is 36.4 Å². The molecule has 0 bridgehead atoms. The maximum Gasteiger partial charge on any atom is 0.262 e. The number of hydrogen-bond donors (Lipinski definition) is 2. The molecule has 0 saturated heterocycles. The third-order valence-corrected chi connectivity index (χ3v) is 3.21. The number of ether oxygens (including phenoxy) is 3. The van der Waals surface area contributed by atoms with Crippen molar-refractivity contribution < 1.29 is 24.2 Å². The van der Waals surface area contributed by atoms with E-state index < -0.39 is 0 Å². The van der Waals surface area contributed by atoms with Crippen molar-refractivity contribution in [3.8, 4) is 17.2 Å². The van der Waals surface area contributed by atoms with Gasteiger partial charge in [0.05, 0.1) is 25.6 Å². The predicted molar refractivity (Wildman–Crippen MR) is 94.1 cm³/mol. The number of amides is 1. The van der Waals surface area contributed by atoms with Gasteiger partial charge < -0.3 is 24.7 Å². The molecule has 0 saturated carbocycles. The van der Waals surface area contributed by atoms with E-state index in [9.17, 15) is 4.79 Å². The molecule has 2 N–H and O–H groups in total. The second-order valence-corrected chi connectivity index (χ2v) is 4.92. The number of carbonyl (C=O) groups excluding carboxylic acids is 1. The molecule has 7 heteroatoms. The van der Waals surface area contributed by atoms with Gasteiger partial charge in [0.15, 0.2) is 18.1 Å². The fourth-order valence-electron chi connectivity index (χ4n) is 2.14. The highest BCUT2D eigenvalue weighted by Crippen LogP contribution is 2.28. The summed E-state index contributed by atoms with van der Waals surface area (Å²) in [5.41, 5.74) is 1.22. The van der Waals surface area contributed by atoms with Crippen molar-refractivity contribution in [3.05, 3.63) is 48.0 Å². The Morgan fingerprint density at radius 3 is 2.68 bits per heavy atom. The molecule has 0 aliphatic carbocycles. The largest absolute Gasteiger partial charge is 0.495 e. The summed E-state index contributed by atoms with van der Waals surface area (Å²) in [5, 5.41) is 14.3. The summed E-state index contributed by atoms with van der Waals surface area (Å²) >= 11 is 0. The van der Waals surface area contributed by atoms with Crippen molar-refractivity contribution in [2.45, 2.75) is 6.92 Å². The maximum absolute atomic E-state index is 12.1. The highest BCUT2D eigenvalue weighted by atomic mass is 16.5. The lowest BCUT2D eigenvalue weighted by molar-refractivity contribution is -0.118. The van der Waals surface area contributed by atoms with Crippen LogP contribution in [-0.4, -0.2) is 37.7 Å². The van der Waals surface area contributed by atoms with Crippen LogP contribution in [0.25, 0.3) is 0 Å². The highest BCUT2D eigenvalue weighted by Gasteiger charge is 2.11. The Balaban J connectivity index is 2.03. The number of carbonyl (C=O) groups is 1. The minimum absolute atomic E-state index is 0.189. The molecular weight excluding hydrogens is 324 g/mol. The third kappa shape index (κ3) is 5.13. The minimum Gasteiger partial charge on any atom is -0.495 e. The number of nitrogens with one attached hydrogen (secondary N) is 1. The number of rotatable bonds is 8. The Bertz CT molecular complexity index is 746. The van der Waals surface area contributed by atoms with Gasteiger partial charge in [-0.3, -0.25) is 4.79 Å². The van der Waals surface area contributed by atoms with E-state index in [2.05, 4.69) is 10.5 Å². The molecule has 0 unspecified atom stereocenters. The molecule has 2 aromatic carbocycles. The van der Waals surface area contributed by atoms with E-state index in [4.69, 9.17) is 19.4 Å². The van der Waals surface area contributed by atoms with Crippen molar-refractivity contribution >= 4 is 17.8 Å². The number of oxime groups is 1. The smallest absolute Gasteiger partial charge is 0.262 e. The Morgan fingerprint density at radius 2 is 1.96 bits per heavy atom. The zero-order chi connectivity index (χ0) is 18.1. The maximum atomic E-state index is 12.1. The van der Waals surface area contributed by atoms with E-state index >= 15 is 0 Å². The van der Waals surface area contributed by atoms with Gasteiger partial charge in [0.2, 0.25) is 0 Å². The van der Waals surface area contributed by atoms with E-state index in [1.807, 2.05) is 13.0 Å². The van der Waals surface area contributed by atoms with Gasteiger partial charge in [0, 0.05) is 5.56 Å². The standard InChI is InChI=1S/C18H20N2O5/c1-3-24-17-10-13(11-19-22)8-9-16(17)25-12-18(21)20-14-6-4-5-7-15(14)23-2/h4-11,22H,3,12H2,1-2H3,(H,20,21)/b19-11+. The summed E-state index contributed by atoms with van der Waals surface area (Å²) in [4.78, 5) is 12.1. The summed E-state index contributed by atoms with van der Waals surface area (Å²) < 4.78 is 16.2. The summed E-state index contributed by atoms with van der Waals surface area (Å²) in [6, 6.07) is 12.1. The Labute approximate surface area is 145 Å². The molecule has 0 aliphatic rings. The van der Waals surface area contributed by atoms with Crippen molar-refractivity contribution in [2.24, 2.45) is 5.16 Å². The molecule has 1 amide bonds. The molecule has 2 aromatic rings. The monoisotopic (exact) mass is 344 g/mol. The summed E-state index contributed by atoms with van der Waals surface area (Å²) in [7, 11) is 1.53. The summed E-state index contributed by atoms with van der Waals surface area (Å²) in [6.07, 6.45) is 1.28. The van der Waals surface area contributed by atoms with Crippen molar-refractivity contribution in [3.63, 3.8) is 0 Å². The lowest BCUT2D eigenvalue weighted by Gasteiger charge is -2.13. The van der Waals surface area contributed by atoms with Crippen LogP contribution < -0.4 is 19.5 Å². The van der Waals surface area contributed by atoms with E-state index in [0.29, 0.717) is 35.1 Å². The van der Waals surface area contributed by atoms with Gasteiger partial charge in [0.1, 0.15) is 5.75 Å². The lowest BCUT2D eigenvalue weighted by Crippen LogP contribution is -2.20. The van der Waals surface area contributed by atoms with Crippen molar-refractivity contribution in [1.82, 2.24) is 0 Å². The minimum atomic E-state index is -0.326. The van der Waals surface area contributed by atoms with E-state index in [1.165, 1.54) is 13.3 Å². The molecule has 0 radical (unpaired) electrons.